The molecule has 0 spiro atoms. The van der Waals surface area contributed by atoms with Crippen LogP contribution in [-0.2, 0) is 4.79 Å². The zero-order valence-electron chi connectivity index (χ0n) is 13.4. The summed E-state index contributed by atoms with van der Waals surface area (Å²) in [5.41, 5.74) is 0. The van der Waals surface area contributed by atoms with Gasteiger partial charge in [0, 0.05) is 12.1 Å². The number of hydrogen-bond acceptors (Lipinski definition) is 2. The molecule has 130 valence electrons. The molecule has 0 aliphatic rings. The second-order valence-electron chi connectivity index (χ2n) is 5.59. The Morgan fingerprint density at radius 1 is 0.783 bits per heavy atom. The van der Waals surface area contributed by atoms with Gasteiger partial charge in [0.2, 0.25) is 29.1 Å². The third-order valence-electron chi connectivity index (χ3n) is 3.18. The molecule has 8 heteroatoms. The van der Waals surface area contributed by atoms with Crippen molar-refractivity contribution < 1.29 is 31.5 Å². The van der Waals surface area contributed by atoms with Gasteiger partial charge in [-0.15, -0.1) is 0 Å². The smallest absolute Gasteiger partial charge is 0.263 e. The second-order valence-corrected chi connectivity index (χ2v) is 5.59. The molecule has 0 radical (unpaired) electrons. The van der Waals surface area contributed by atoms with E-state index in [0.717, 1.165) is 0 Å². The van der Waals surface area contributed by atoms with E-state index in [9.17, 15) is 26.7 Å². The van der Waals surface area contributed by atoms with Gasteiger partial charge in [-0.1, -0.05) is 0 Å². The molecule has 3 nitrogen and oxygen atoms in total. The van der Waals surface area contributed by atoms with Gasteiger partial charge in [0.05, 0.1) is 0 Å². The Bertz CT molecular complexity index is 567. The van der Waals surface area contributed by atoms with Crippen molar-refractivity contribution in [2.24, 2.45) is 0 Å². The highest BCUT2D eigenvalue weighted by Gasteiger charge is 2.32. The number of rotatable bonds is 5. The first-order chi connectivity index (χ1) is 10.5. The van der Waals surface area contributed by atoms with E-state index < -0.39 is 46.8 Å². The maximum Gasteiger partial charge on any atom is 0.263 e. The molecule has 0 saturated carbocycles. The van der Waals surface area contributed by atoms with Crippen molar-refractivity contribution in [1.82, 2.24) is 4.90 Å². The maximum atomic E-state index is 13.6. The molecule has 0 aliphatic carbocycles. The van der Waals surface area contributed by atoms with Gasteiger partial charge in [-0.05, 0) is 34.6 Å². The van der Waals surface area contributed by atoms with Crippen molar-refractivity contribution in [3.63, 3.8) is 0 Å². The SMILES string of the molecule is CC(C)N(C(=O)[C@@H](C)Oc1c(F)c(F)c(F)c(F)c1F)C(C)C. The Morgan fingerprint density at radius 3 is 1.48 bits per heavy atom. The summed E-state index contributed by atoms with van der Waals surface area (Å²) in [6.45, 7) is 8.08. The Labute approximate surface area is 131 Å². The summed E-state index contributed by atoms with van der Waals surface area (Å²) in [5.74, 6) is -12.8. The number of hydrogen-bond donors (Lipinski definition) is 0. The topological polar surface area (TPSA) is 29.5 Å². The van der Waals surface area contributed by atoms with Crippen LogP contribution in [0.15, 0.2) is 0 Å². The van der Waals surface area contributed by atoms with Crippen molar-refractivity contribution in [3.8, 4) is 5.75 Å². The molecule has 0 unspecified atom stereocenters. The Morgan fingerprint density at radius 2 is 1.13 bits per heavy atom. The highest BCUT2D eigenvalue weighted by molar-refractivity contribution is 5.81. The van der Waals surface area contributed by atoms with Gasteiger partial charge in [-0.25, -0.2) is 13.2 Å². The van der Waals surface area contributed by atoms with Gasteiger partial charge in [0.15, 0.2) is 11.9 Å². The summed E-state index contributed by atoms with van der Waals surface area (Å²) in [7, 11) is 0. The molecular formula is C15H18F5NO2. The molecule has 1 atom stereocenters. The van der Waals surface area contributed by atoms with Crippen LogP contribution in [0.1, 0.15) is 34.6 Å². The van der Waals surface area contributed by atoms with Crippen LogP contribution in [0, 0.1) is 29.1 Å². The van der Waals surface area contributed by atoms with Gasteiger partial charge in [-0.3, -0.25) is 4.79 Å². The monoisotopic (exact) mass is 339 g/mol. The number of amides is 1. The first-order valence-corrected chi connectivity index (χ1v) is 7.00. The van der Waals surface area contributed by atoms with E-state index in [0.29, 0.717) is 0 Å². The van der Waals surface area contributed by atoms with Gasteiger partial charge >= 0.3 is 0 Å². The molecule has 0 bridgehead atoms. The van der Waals surface area contributed by atoms with Crippen LogP contribution >= 0.6 is 0 Å². The number of ether oxygens (including phenoxy) is 1. The molecule has 0 fully saturated rings. The van der Waals surface area contributed by atoms with Crippen LogP contribution in [0.25, 0.3) is 0 Å². The van der Waals surface area contributed by atoms with Crippen molar-refractivity contribution in [3.05, 3.63) is 29.1 Å². The largest absolute Gasteiger partial charge is 0.475 e. The van der Waals surface area contributed by atoms with Gasteiger partial charge in [0.1, 0.15) is 0 Å². The molecule has 1 aromatic carbocycles. The third kappa shape index (κ3) is 3.73. The summed E-state index contributed by atoms with van der Waals surface area (Å²) in [5, 5.41) is 0. The summed E-state index contributed by atoms with van der Waals surface area (Å²) < 4.78 is 71.1. The fourth-order valence-corrected chi connectivity index (χ4v) is 2.23. The highest BCUT2D eigenvalue weighted by Crippen LogP contribution is 2.30. The predicted octanol–water partition coefficient (Wildman–Crippen LogP) is 3.79. The zero-order chi connectivity index (χ0) is 18.1. The Hall–Kier alpha value is -1.86. The van der Waals surface area contributed by atoms with Crippen LogP contribution in [0.3, 0.4) is 0 Å². The minimum absolute atomic E-state index is 0.232. The molecule has 1 rings (SSSR count). The van der Waals surface area contributed by atoms with Crippen LogP contribution in [0.5, 0.6) is 5.75 Å². The third-order valence-corrected chi connectivity index (χ3v) is 3.18. The standard InChI is InChI=1S/C15H18F5NO2/c1-6(2)21(7(3)4)15(22)8(5)23-14-12(19)10(17)9(16)11(18)13(14)20/h6-8H,1-5H3/t8-/m1/s1. The van der Waals surface area contributed by atoms with Crippen LogP contribution < -0.4 is 4.74 Å². The molecule has 0 aliphatic heterocycles. The number of benzene rings is 1. The number of halogens is 5. The van der Waals surface area contributed by atoms with Gasteiger partial charge < -0.3 is 9.64 Å². The summed E-state index contributed by atoms with van der Waals surface area (Å²) in [6, 6.07) is -0.463. The quantitative estimate of drug-likeness (QED) is 0.464. The number of carbonyl (C=O) groups excluding carboxylic acids is 1. The number of carbonyl (C=O) groups is 1. The van der Waals surface area contributed by atoms with E-state index >= 15 is 0 Å². The molecule has 0 N–H and O–H groups in total. The lowest BCUT2D eigenvalue weighted by Gasteiger charge is -2.33. The minimum atomic E-state index is -2.28. The average Bonchev–Trinajstić information content (AvgIpc) is 2.46. The predicted molar refractivity (Wildman–Crippen MR) is 73.4 cm³/mol. The molecule has 0 saturated heterocycles. The Balaban J connectivity index is 3.16. The first kappa shape index (κ1) is 19.2. The fourth-order valence-electron chi connectivity index (χ4n) is 2.23. The van der Waals surface area contributed by atoms with Crippen molar-refractivity contribution in [2.45, 2.75) is 52.8 Å². The zero-order valence-corrected chi connectivity index (χ0v) is 13.4. The second kappa shape index (κ2) is 7.14. The van der Waals surface area contributed by atoms with E-state index in [1.807, 2.05) is 0 Å². The van der Waals surface area contributed by atoms with Crippen LogP contribution in [0.4, 0.5) is 22.0 Å². The maximum absolute atomic E-state index is 13.6. The first-order valence-electron chi connectivity index (χ1n) is 7.00. The van der Waals surface area contributed by atoms with Crippen LogP contribution in [-0.4, -0.2) is 29.0 Å². The summed E-state index contributed by atoms with van der Waals surface area (Å²) in [4.78, 5) is 13.7. The van der Waals surface area contributed by atoms with E-state index in [-0.39, 0.29) is 12.1 Å². The highest BCUT2D eigenvalue weighted by atomic mass is 19.2. The molecule has 1 aromatic rings. The normalized spacial score (nSPS) is 12.7. The minimum Gasteiger partial charge on any atom is -0.475 e. The van der Waals surface area contributed by atoms with Gasteiger partial charge in [-0.2, -0.15) is 8.78 Å². The summed E-state index contributed by atoms with van der Waals surface area (Å²) >= 11 is 0. The van der Waals surface area contributed by atoms with E-state index in [2.05, 4.69) is 0 Å². The number of nitrogens with zero attached hydrogens (tertiary/aromatic N) is 1. The molecule has 0 aromatic heterocycles. The van der Waals surface area contributed by atoms with Crippen LogP contribution in [0.2, 0.25) is 0 Å². The fraction of sp³-hybridized carbons (Fsp3) is 0.533. The average molecular weight is 339 g/mol. The molecule has 0 heterocycles. The lowest BCUT2D eigenvalue weighted by Crippen LogP contribution is -2.48. The van der Waals surface area contributed by atoms with E-state index in [1.165, 1.54) is 11.8 Å². The van der Waals surface area contributed by atoms with Crippen molar-refractivity contribution in [2.75, 3.05) is 0 Å². The lowest BCUT2D eigenvalue weighted by atomic mass is 10.2. The molecular weight excluding hydrogens is 321 g/mol. The van der Waals surface area contributed by atoms with Crippen molar-refractivity contribution in [1.29, 1.82) is 0 Å². The van der Waals surface area contributed by atoms with Crippen molar-refractivity contribution >= 4 is 5.91 Å². The molecule has 1 amide bonds. The lowest BCUT2D eigenvalue weighted by molar-refractivity contribution is -0.141. The molecule has 23 heavy (non-hydrogen) atoms. The summed E-state index contributed by atoms with van der Waals surface area (Å²) in [6.07, 6.45) is -1.42. The van der Waals surface area contributed by atoms with E-state index in [1.54, 1.807) is 27.7 Å². The van der Waals surface area contributed by atoms with Gasteiger partial charge in [0.25, 0.3) is 5.91 Å². The Kier molecular flexibility index (Phi) is 5.96. The van der Waals surface area contributed by atoms with E-state index in [4.69, 9.17) is 4.74 Å².